The molecule has 0 spiro atoms. The Kier molecular flexibility index (Phi) is 5.62. The molecule has 0 radical (unpaired) electrons. The molecule has 31 heavy (non-hydrogen) atoms. The van der Waals surface area contributed by atoms with E-state index in [0.717, 1.165) is 20.8 Å². The first-order valence-electron chi connectivity index (χ1n) is 9.60. The third-order valence-electron chi connectivity index (χ3n) is 4.91. The first-order chi connectivity index (χ1) is 14.9. The zero-order chi connectivity index (χ0) is 22.0. The van der Waals surface area contributed by atoms with Crippen molar-refractivity contribution in [3.8, 4) is 11.1 Å². The summed E-state index contributed by atoms with van der Waals surface area (Å²) < 4.78 is 42.3. The van der Waals surface area contributed by atoms with Gasteiger partial charge in [-0.15, -0.1) is 0 Å². The van der Waals surface area contributed by atoms with Gasteiger partial charge in [-0.3, -0.25) is 0 Å². The first kappa shape index (κ1) is 20.8. The second kappa shape index (κ2) is 8.37. The highest BCUT2D eigenvalue weighted by Crippen LogP contribution is 2.28. The van der Waals surface area contributed by atoms with Crippen LogP contribution in [0.4, 0.5) is 10.1 Å². The second-order valence-electron chi connectivity index (χ2n) is 7.17. The van der Waals surface area contributed by atoms with Gasteiger partial charge >= 0.3 is 0 Å². The number of rotatable bonds is 7. The third kappa shape index (κ3) is 4.37. The van der Waals surface area contributed by atoms with Crippen LogP contribution < -0.4 is 11.1 Å². The summed E-state index contributed by atoms with van der Waals surface area (Å²) in [5.74, 6) is -0.359. The largest absolute Gasteiger partial charge is 0.381 e. The Morgan fingerprint density at radius 1 is 1.10 bits per heavy atom. The molecule has 0 saturated carbocycles. The Morgan fingerprint density at radius 2 is 1.87 bits per heavy atom. The van der Waals surface area contributed by atoms with Crippen LogP contribution in [0, 0.1) is 5.82 Å². The van der Waals surface area contributed by atoms with Gasteiger partial charge in [-0.2, -0.15) is 8.42 Å². The summed E-state index contributed by atoms with van der Waals surface area (Å²) in [5.41, 5.74) is 9.70. The maximum atomic E-state index is 13.4. The standard InChI is InChI=1S/C22H22FN5O2S/c1-27-14-22(26-15-27)31(29,30)28-12-18(11-25-20-4-2-3-16(9-20)10-24)21(13-28)17-5-7-19(23)8-6-17/h2-9,12-15,25H,10-11,24H2,1H3. The number of hydrogen-bond acceptors (Lipinski definition) is 5. The van der Waals surface area contributed by atoms with Crippen molar-refractivity contribution in [1.82, 2.24) is 13.5 Å². The van der Waals surface area contributed by atoms with E-state index in [0.29, 0.717) is 24.2 Å². The second-order valence-corrected chi connectivity index (χ2v) is 8.96. The van der Waals surface area contributed by atoms with Crippen molar-refractivity contribution in [2.75, 3.05) is 5.32 Å². The zero-order valence-corrected chi connectivity index (χ0v) is 17.7. The molecular formula is C22H22FN5O2S. The number of imidazole rings is 1. The highest BCUT2D eigenvalue weighted by molar-refractivity contribution is 7.89. The predicted octanol–water partition coefficient (Wildman–Crippen LogP) is 3.34. The van der Waals surface area contributed by atoms with Crippen molar-refractivity contribution in [2.24, 2.45) is 12.8 Å². The van der Waals surface area contributed by atoms with E-state index in [1.54, 1.807) is 29.9 Å². The van der Waals surface area contributed by atoms with E-state index in [1.165, 1.54) is 30.9 Å². The Bertz CT molecular complexity index is 1310. The van der Waals surface area contributed by atoms with E-state index in [9.17, 15) is 12.8 Å². The fourth-order valence-electron chi connectivity index (χ4n) is 3.28. The average molecular weight is 440 g/mol. The van der Waals surface area contributed by atoms with Crippen LogP contribution in [0.2, 0.25) is 0 Å². The van der Waals surface area contributed by atoms with Crippen LogP contribution in [0.5, 0.6) is 0 Å². The van der Waals surface area contributed by atoms with E-state index in [2.05, 4.69) is 10.3 Å². The molecule has 0 aliphatic rings. The molecule has 0 fully saturated rings. The van der Waals surface area contributed by atoms with E-state index in [1.807, 2.05) is 24.3 Å². The quantitative estimate of drug-likeness (QED) is 0.461. The van der Waals surface area contributed by atoms with E-state index < -0.39 is 10.0 Å². The number of nitrogens with zero attached hydrogens (tertiary/aromatic N) is 3. The van der Waals surface area contributed by atoms with Crippen molar-refractivity contribution in [3.63, 3.8) is 0 Å². The molecule has 2 heterocycles. The lowest BCUT2D eigenvalue weighted by molar-refractivity contribution is 0.584. The van der Waals surface area contributed by atoms with Crippen molar-refractivity contribution >= 4 is 15.7 Å². The third-order valence-corrected chi connectivity index (χ3v) is 6.41. The number of hydrogen-bond donors (Lipinski definition) is 2. The van der Waals surface area contributed by atoms with Crippen LogP contribution in [0.1, 0.15) is 11.1 Å². The number of benzene rings is 2. The summed E-state index contributed by atoms with van der Waals surface area (Å²) in [7, 11) is -2.16. The summed E-state index contributed by atoms with van der Waals surface area (Å²) in [4.78, 5) is 3.98. The Hall–Kier alpha value is -3.43. The van der Waals surface area contributed by atoms with Crippen LogP contribution >= 0.6 is 0 Å². The lowest BCUT2D eigenvalue weighted by atomic mass is 10.0. The van der Waals surface area contributed by atoms with Gasteiger partial charge in [0.1, 0.15) is 5.82 Å². The first-order valence-corrected chi connectivity index (χ1v) is 11.0. The van der Waals surface area contributed by atoms with E-state index in [-0.39, 0.29) is 10.8 Å². The van der Waals surface area contributed by atoms with Gasteiger partial charge in [-0.05, 0) is 41.0 Å². The number of nitrogens with one attached hydrogen (secondary N) is 1. The predicted molar refractivity (Wildman–Crippen MR) is 117 cm³/mol. The number of anilines is 1. The maximum absolute atomic E-state index is 13.4. The van der Waals surface area contributed by atoms with Gasteiger partial charge in [0.15, 0.2) is 5.03 Å². The monoisotopic (exact) mass is 439 g/mol. The van der Waals surface area contributed by atoms with Gasteiger partial charge < -0.3 is 15.6 Å². The molecule has 0 unspecified atom stereocenters. The Morgan fingerprint density at radius 3 is 2.55 bits per heavy atom. The van der Waals surface area contributed by atoms with Crippen LogP contribution in [-0.2, 0) is 30.2 Å². The van der Waals surface area contributed by atoms with Crippen LogP contribution in [0.25, 0.3) is 11.1 Å². The Balaban J connectivity index is 1.72. The zero-order valence-electron chi connectivity index (χ0n) is 16.9. The molecule has 4 rings (SSSR count). The van der Waals surface area contributed by atoms with Crippen molar-refractivity contribution in [3.05, 3.63) is 90.4 Å². The average Bonchev–Trinajstić information content (AvgIpc) is 3.40. The molecule has 3 N–H and O–H groups in total. The molecule has 2 aromatic carbocycles. The van der Waals surface area contributed by atoms with Crippen LogP contribution in [0.3, 0.4) is 0 Å². The molecule has 2 aromatic heterocycles. The van der Waals surface area contributed by atoms with E-state index in [4.69, 9.17) is 5.73 Å². The normalized spacial score (nSPS) is 11.6. The SMILES string of the molecule is Cn1cnc(S(=O)(=O)n2cc(CNc3cccc(CN)c3)c(-c3ccc(F)cc3)c2)c1. The lowest BCUT2D eigenvalue weighted by Crippen LogP contribution is -2.11. The van der Waals surface area contributed by atoms with Crippen molar-refractivity contribution in [2.45, 2.75) is 18.1 Å². The molecule has 0 atom stereocenters. The van der Waals surface area contributed by atoms with Gasteiger partial charge in [-0.1, -0.05) is 24.3 Å². The molecule has 0 saturated heterocycles. The topological polar surface area (TPSA) is 94.9 Å². The smallest absolute Gasteiger partial charge is 0.286 e. The molecule has 0 amide bonds. The summed E-state index contributed by atoms with van der Waals surface area (Å²) in [5, 5.41) is 3.26. The molecule has 0 aliphatic carbocycles. The molecule has 0 bridgehead atoms. The highest BCUT2D eigenvalue weighted by atomic mass is 32.2. The minimum Gasteiger partial charge on any atom is -0.381 e. The van der Waals surface area contributed by atoms with Crippen LogP contribution in [0.15, 0.2) is 78.5 Å². The van der Waals surface area contributed by atoms with Gasteiger partial charge in [-0.25, -0.2) is 13.3 Å². The number of nitrogens with two attached hydrogens (primary N) is 1. The van der Waals surface area contributed by atoms with Crippen molar-refractivity contribution in [1.29, 1.82) is 0 Å². The fraction of sp³-hybridized carbons (Fsp3) is 0.136. The fourth-order valence-corrected chi connectivity index (χ4v) is 4.48. The Labute approximate surface area is 180 Å². The number of aromatic nitrogens is 3. The highest BCUT2D eigenvalue weighted by Gasteiger charge is 2.22. The summed E-state index contributed by atoms with van der Waals surface area (Å²) in [6, 6.07) is 13.6. The minimum absolute atomic E-state index is 0.0502. The maximum Gasteiger partial charge on any atom is 0.286 e. The minimum atomic E-state index is -3.86. The van der Waals surface area contributed by atoms with Gasteiger partial charge in [0, 0.05) is 50.0 Å². The lowest BCUT2D eigenvalue weighted by Gasteiger charge is -2.09. The number of aryl methyl sites for hydroxylation is 1. The van der Waals surface area contributed by atoms with E-state index >= 15 is 0 Å². The summed E-state index contributed by atoms with van der Waals surface area (Å²) in [6.45, 7) is 0.792. The summed E-state index contributed by atoms with van der Waals surface area (Å²) in [6.07, 6.45) is 5.97. The molecular weight excluding hydrogens is 417 g/mol. The molecule has 160 valence electrons. The van der Waals surface area contributed by atoms with Crippen molar-refractivity contribution < 1.29 is 12.8 Å². The van der Waals surface area contributed by atoms with Crippen LogP contribution in [-0.4, -0.2) is 21.9 Å². The van der Waals surface area contributed by atoms with Gasteiger partial charge in [0.2, 0.25) is 0 Å². The molecule has 4 aromatic rings. The van der Waals surface area contributed by atoms with Gasteiger partial charge in [0.25, 0.3) is 10.0 Å². The molecule has 7 nitrogen and oxygen atoms in total. The molecule has 0 aliphatic heterocycles. The summed E-state index contributed by atoms with van der Waals surface area (Å²) >= 11 is 0. The number of halogens is 1. The van der Waals surface area contributed by atoms with Gasteiger partial charge in [0.05, 0.1) is 6.33 Å². The molecule has 9 heteroatoms.